The smallest absolute Gasteiger partial charge is 0.422 e. The molecule has 8 heteroatoms. The first-order valence-corrected chi connectivity index (χ1v) is 4.95. The first-order chi connectivity index (χ1) is 7.90. The van der Waals surface area contributed by atoms with E-state index in [1.165, 1.54) is 0 Å². The highest BCUT2D eigenvalue weighted by Crippen LogP contribution is 2.15. The van der Waals surface area contributed by atoms with Gasteiger partial charge in [-0.1, -0.05) is 13.3 Å². The van der Waals surface area contributed by atoms with Gasteiger partial charge in [0.05, 0.1) is 0 Å². The van der Waals surface area contributed by atoms with E-state index < -0.39 is 18.9 Å². The van der Waals surface area contributed by atoms with Crippen LogP contribution in [0.5, 0.6) is 0 Å². The Labute approximate surface area is 95.3 Å². The predicted molar refractivity (Wildman–Crippen MR) is 53.6 cm³/mol. The zero-order chi connectivity index (χ0) is 12.9. The minimum atomic E-state index is -4.53. The van der Waals surface area contributed by atoms with Crippen molar-refractivity contribution in [2.45, 2.75) is 25.9 Å². The summed E-state index contributed by atoms with van der Waals surface area (Å²) in [5.41, 5.74) is 0.790. The van der Waals surface area contributed by atoms with Crippen molar-refractivity contribution in [1.29, 1.82) is 0 Å². The molecule has 2 N–H and O–H groups in total. The number of anilines is 1. The second kappa shape index (κ2) is 5.55. The predicted octanol–water partition coefficient (Wildman–Crippen LogP) is 2.47. The van der Waals surface area contributed by atoms with E-state index in [4.69, 9.17) is 0 Å². The Hall–Kier alpha value is -1.73. The van der Waals surface area contributed by atoms with E-state index in [0.29, 0.717) is 0 Å². The topological polar surface area (TPSA) is 67.0 Å². The fraction of sp³-hybridized carbons (Fsp3) is 0.556. The molecule has 0 aliphatic heterocycles. The van der Waals surface area contributed by atoms with E-state index in [0.717, 1.165) is 18.5 Å². The molecule has 1 rings (SSSR count). The van der Waals surface area contributed by atoms with Crippen molar-refractivity contribution in [2.24, 2.45) is 0 Å². The summed E-state index contributed by atoms with van der Waals surface area (Å²) in [7, 11) is 0. The molecule has 0 aliphatic carbocycles. The molecule has 17 heavy (non-hydrogen) atoms. The third-order valence-electron chi connectivity index (χ3n) is 1.75. The van der Waals surface area contributed by atoms with Gasteiger partial charge in [-0.2, -0.15) is 18.3 Å². The van der Waals surface area contributed by atoms with Crippen LogP contribution in [0.1, 0.15) is 19.0 Å². The Kier molecular flexibility index (Phi) is 4.36. The summed E-state index contributed by atoms with van der Waals surface area (Å²) >= 11 is 0. The van der Waals surface area contributed by atoms with Gasteiger partial charge in [0, 0.05) is 11.8 Å². The SMILES string of the molecule is CCCc1cc(NC(=O)OCC(F)(F)F)n[nH]1. The Morgan fingerprint density at radius 3 is 2.88 bits per heavy atom. The molecule has 5 nitrogen and oxygen atoms in total. The first kappa shape index (κ1) is 13.3. The van der Waals surface area contributed by atoms with Crippen molar-refractivity contribution in [3.63, 3.8) is 0 Å². The number of hydrogen-bond donors (Lipinski definition) is 2. The van der Waals surface area contributed by atoms with Crippen LogP contribution in [-0.2, 0) is 11.2 Å². The zero-order valence-corrected chi connectivity index (χ0v) is 9.10. The van der Waals surface area contributed by atoms with E-state index in [9.17, 15) is 18.0 Å². The van der Waals surface area contributed by atoms with E-state index in [1.807, 2.05) is 6.92 Å². The number of nitrogens with zero attached hydrogens (tertiary/aromatic N) is 1. The standard InChI is InChI=1S/C9H12F3N3O2/c1-2-3-6-4-7(15-14-6)13-8(16)17-5-9(10,11)12/h4H,2-3,5H2,1H3,(H2,13,14,15,16). The van der Waals surface area contributed by atoms with Crippen molar-refractivity contribution < 1.29 is 22.7 Å². The number of aromatic amines is 1. The van der Waals surface area contributed by atoms with Gasteiger partial charge >= 0.3 is 12.3 Å². The summed E-state index contributed by atoms with van der Waals surface area (Å²) in [4.78, 5) is 10.9. The molecule has 96 valence electrons. The molecule has 0 spiro atoms. The second-order valence-corrected chi connectivity index (χ2v) is 3.34. The van der Waals surface area contributed by atoms with Crippen LogP contribution >= 0.6 is 0 Å². The summed E-state index contributed by atoms with van der Waals surface area (Å²) < 4.78 is 39.1. The van der Waals surface area contributed by atoms with Crippen LogP contribution in [0, 0.1) is 0 Å². The summed E-state index contributed by atoms with van der Waals surface area (Å²) in [6, 6.07) is 1.54. The Bertz CT molecular complexity index is 376. The Balaban J connectivity index is 2.39. The normalized spacial score (nSPS) is 11.3. The van der Waals surface area contributed by atoms with Gasteiger partial charge in [-0.3, -0.25) is 10.4 Å². The van der Waals surface area contributed by atoms with Crippen molar-refractivity contribution in [3.05, 3.63) is 11.8 Å². The van der Waals surface area contributed by atoms with Gasteiger partial charge in [-0.25, -0.2) is 4.79 Å². The molecule has 0 bridgehead atoms. The monoisotopic (exact) mass is 251 g/mol. The van der Waals surface area contributed by atoms with Gasteiger partial charge in [0.25, 0.3) is 0 Å². The average molecular weight is 251 g/mol. The Morgan fingerprint density at radius 1 is 1.59 bits per heavy atom. The molecular formula is C9H12F3N3O2. The third-order valence-corrected chi connectivity index (χ3v) is 1.75. The molecular weight excluding hydrogens is 239 g/mol. The van der Waals surface area contributed by atoms with Crippen LogP contribution in [-0.4, -0.2) is 29.1 Å². The number of H-pyrrole nitrogens is 1. The number of carbonyl (C=O) groups excluding carboxylic acids is 1. The second-order valence-electron chi connectivity index (χ2n) is 3.34. The molecule has 0 unspecified atom stereocenters. The first-order valence-electron chi connectivity index (χ1n) is 4.95. The summed E-state index contributed by atoms with van der Waals surface area (Å²) in [6.07, 6.45) is -4.08. The number of halogens is 3. The summed E-state index contributed by atoms with van der Waals surface area (Å²) in [5, 5.41) is 8.43. The molecule has 0 aliphatic rings. The van der Waals surface area contributed by atoms with E-state index in [1.54, 1.807) is 6.07 Å². The van der Waals surface area contributed by atoms with Gasteiger partial charge in [0.15, 0.2) is 12.4 Å². The van der Waals surface area contributed by atoms with Crippen LogP contribution in [0.2, 0.25) is 0 Å². The zero-order valence-electron chi connectivity index (χ0n) is 9.10. The number of aryl methyl sites for hydroxylation is 1. The highest BCUT2D eigenvalue weighted by molar-refractivity contribution is 5.83. The van der Waals surface area contributed by atoms with Crippen LogP contribution in [0.3, 0.4) is 0 Å². The maximum Gasteiger partial charge on any atom is 0.422 e. The lowest BCUT2D eigenvalue weighted by atomic mass is 10.2. The van der Waals surface area contributed by atoms with E-state index in [-0.39, 0.29) is 5.82 Å². The lowest BCUT2D eigenvalue weighted by Crippen LogP contribution is -2.23. The van der Waals surface area contributed by atoms with Crippen molar-refractivity contribution >= 4 is 11.9 Å². The molecule has 1 aromatic heterocycles. The third kappa shape index (κ3) is 5.23. The summed E-state index contributed by atoms with van der Waals surface area (Å²) in [5.74, 6) is 0.139. The molecule has 0 radical (unpaired) electrons. The molecule has 0 saturated carbocycles. The van der Waals surface area contributed by atoms with Gasteiger partial charge in [0.2, 0.25) is 0 Å². The molecule has 0 aromatic carbocycles. The average Bonchev–Trinajstić information content (AvgIpc) is 2.62. The maximum absolute atomic E-state index is 11.7. The van der Waals surface area contributed by atoms with Crippen molar-refractivity contribution in [1.82, 2.24) is 10.2 Å². The molecule has 0 fully saturated rings. The largest absolute Gasteiger partial charge is 0.440 e. The quantitative estimate of drug-likeness (QED) is 0.863. The van der Waals surface area contributed by atoms with Gasteiger partial charge < -0.3 is 4.74 Å². The van der Waals surface area contributed by atoms with Crippen LogP contribution in [0.25, 0.3) is 0 Å². The molecule has 1 aromatic rings. The number of rotatable bonds is 4. The van der Waals surface area contributed by atoms with Crippen LogP contribution < -0.4 is 5.32 Å². The molecule has 0 saturated heterocycles. The lowest BCUT2D eigenvalue weighted by Gasteiger charge is -2.07. The number of aromatic nitrogens is 2. The maximum atomic E-state index is 11.7. The van der Waals surface area contributed by atoms with E-state index >= 15 is 0 Å². The van der Waals surface area contributed by atoms with Crippen molar-refractivity contribution in [2.75, 3.05) is 11.9 Å². The minimum Gasteiger partial charge on any atom is -0.440 e. The number of alkyl halides is 3. The molecule has 0 atom stereocenters. The number of carbonyl (C=O) groups is 1. The number of hydrogen-bond acceptors (Lipinski definition) is 3. The molecule has 1 amide bonds. The van der Waals surface area contributed by atoms with Crippen LogP contribution in [0.4, 0.5) is 23.8 Å². The van der Waals surface area contributed by atoms with E-state index in [2.05, 4.69) is 20.3 Å². The van der Waals surface area contributed by atoms with Gasteiger partial charge in [0.1, 0.15) is 0 Å². The minimum absolute atomic E-state index is 0.139. The highest BCUT2D eigenvalue weighted by Gasteiger charge is 2.29. The lowest BCUT2D eigenvalue weighted by molar-refractivity contribution is -0.159. The molecule has 1 heterocycles. The van der Waals surface area contributed by atoms with Crippen molar-refractivity contribution in [3.8, 4) is 0 Å². The summed E-state index contributed by atoms with van der Waals surface area (Å²) in [6.45, 7) is 0.344. The number of amides is 1. The van der Waals surface area contributed by atoms with Gasteiger partial charge in [-0.05, 0) is 6.42 Å². The fourth-order valence-corrected chi connectivity index (χ4v) is 1.11. The van der Waals surface area contributed by atoms with Crippen LogP contribution in [0.15, 0.2) is 6.07 Å². The number of nitrogens with one attached hydrogen (secondary N) is 2. The van der Waals surface area contributed by atoms with Gasteiger partial charge in [-0.15, -0.1) is 0 Å². The number of ether oxygens (including phenoxy) is 1. The Morgan fingerprint density at radius 2 is 2.29 bits per heavy atom. The fourth-order valence-electron chi connectivity index (χ4n) is 1.11. The highest BCUT2D eigenvalue weighted by atomic mass is 19.4.